The first kappa shape index (κ1) is 4.54. The van der Waals surface area contributed by atoms with Crippen LogP contribution in [0, 0.1) is 0 Å². The zero-order chi connectivity index (χ0) is 3.58. The highest BCUT2D eigenvalue weighted by molar-refractivity contribution is 8.29. The Morgan fingerprint density at radius 3 is 2.00 bits per heavy atom. The zero-order valence-electron chi connectivity index (χ0n) is 1.80. The summed E-state index contributed by atoms with van der Waals surface area (Å²) in [7, 11) is -0.370. The van der Waals surface area contributed by atoms with Crippen LogP contribution in [0.3, 0.4) is 0 Å². The van der Waals surface area contributed by atoms with Crippen LogP contribution in [0.5, 0.6) is 0 Å². The van der Waals surface area contributed by atoms with Crippen molar-refractivity contribution in [2.24, 2.45) is 0 Å². The van der Waals surface area contributed by atoms with Crippen molar-refractivity contribution in [3.8, 4) is 0 Å². The average Bonchev–Trinajstić information content (AvgIpc) is 0.811. The molecule has 0 rings (SSSR count). The van der Waals surface area contributed by atoms with Crippen LogP contribution >= 0.6 is 8.44 Å². The maximum atomic E-state index is 8.96. The predicted molar refractivity (Wildman–Crippen MR) is 18.6 cm³/mol. The fraction of sp³-hybridized carbons (Fsp3) is 0. The molecular weight excluding hydrogens is 95.0 g/mol. The molecule has 0 heterocycles. The second-order valence-corrected chi connectivity index (χ2v) is 1.94. The van der Waals surface area contributed by atoms with E-state index in [-0.39, 0.29) is 0 Å². The van der Waals surface area contributed by atoms with Gasteiger partial charge in [-0.1, -0.05) is 8.44 Å². The van der Waals surface area contributed by atoms with Crippen LogP contribution in [0.25, 0.3) is 0 Å². The van der Waals surface area contributed by atoms with Gasteiger partial charge in [-0.2, -0.15) is 0 Å². The molecule has 2 atom stereocenters. The Kier molecular flexibility index (Phi) is 2.07. The molecule has 0 aliphatic heterocycles. The Hall–Kier alpha value is 0.540. The molecule has 0 aromatic heterocycles. The Balaban J connectivity index is 2.80. The van der Waals surface area contributed by atoms with E-state index in [2.05, 4.69) is 0 Å². The molecular formula is H2O2PS-. The van der Waals surface area contributed by atoms with E-state index in [1.54, 1.807) is 8.44 Å². The summed E-state index contributed by atoms with van der Waals surface area (Å²) in [4.78, 5) is 0. The van der Waals surface area contributed by atoms with Crippen molar-refractivity contribution in [3.63, 3.8) is 0 Å². The van der Waals surface area contributed by atoms with E-state index >= 15 is 0 Å². The first-order valence-electron chi connectivity index (χ1n) is 0.569. The molecule has 0 aliphatic carbocycles. The van der Waals surface area contributed by atoms with E-state index in [4.69, 9.17) is 8.76 Å². The standard InChI is InChI=1S/H3O2PS/c1-4(2)3/h3H2,(H,1,2)/p-1. The topological polar surface area (TPSA) is 40.1 Å². The third-order valence-electron chi connectivity index (χ3n) is 0. The molecule has 2 unspecified atom stereocenters. The summed E-state index contributed by atoms with van der Waals surface area (Å²) in [5.41, 5.74) is 0. The molecule has 0 bridgehead atoms. The Morgan fingerprint density at radius 2 is 2.00 bits per heavy atom. The van der Waals surface area contributed by atoms with Gasteiger partial charge in [0.05, 0.1) is 0 Å². The van der Waals surface area contributed by atoms with Crippen molar-refractivity contribution in [2.75, 3.05) is 0 Å². The molecule has 0 aliphatic rings. The van der Waals surface area contributed by atoms with E-state index in [1.165, 1.54) is 0 Å². The van der Waals surface area contributed by atoms with E-state index in [9.17, 15) is 0 Å². The van der Waals surface area contributed by atoms with E-state index in [1.807, 2.05) is 0 Å². The predicted octanol–water partition coefficient (Wildman–Crippen LogP) is -0.344. The number of rotatable bonds is 0. The molecule has 4 heteroatoms. The lowest BCUT2D eigenvalue weighted by Gasteiger charge is -1.84. The van der Waals surface area contributed by atoms with Crippen LogP contribution in [0.2, 0.25) is 0 Å². The minimum Gasteiger partial charge on any atom is -0.769 e. The molecule has 26 valence electrons. The fourth-order valence-electron chi connectivity index (χ4n) is 0. The van der Waals surface area contributed by atoms with Gasteiger partial charge in [-0.3, -0.25) is 4.21 Å². The largest absolute Gasteiger partial charge is 0.769 e. The number of hydrogen-bond acceptors (Lipinski definition) is 2. The Labute approximate surface area is 28.8 Å². The maximum absolute atomic E-state index is 8.96. The first-order valence-corrected chi connectivity index (χ1v) is 3.12. The molecule has 0 saturated heterocycles. The molecule has 2 nitrogen and oxygen atoms in total. The normalized spacial score (nSPS) is 15.5. The van der Waals surface area contributed by atoms with Crippen LogP contribution in [0.4, 0.5) is 0 Å². The average molecular weight is 97.1 g/mol. The Bertz CT molecular complexity index is 29.0. The van der Waals surface area contributed by atoms with Gasteiger partial charge in [0.25, 0.3) is 0 Å². The highest BCUT2D eigenvalue weighted by atomic mass is 32.7. The van der Waals surface area contributed by atoms with Crippen LogP contribution in [-0.2, 0) is 10.7 Å². The third-order valence-corrected chi connectivity index (χ3v) is 0. The summed E-state index contributed by atoms with van der Waals surface area (Å²) in [6.07, 6.45) is 0. The summed E-state index contributed by atoms with van der Waals surface area (Å²) < 4.78 is 17.9. The van der Waals surface area contributed by atoms with E-state index in [0.29, 0.717) is 0 Å². The summed E-state index contributed by atoms with van der Waals surface area (Å²) in [5.74, 6) is 0. The van der Waals surface area contributed by atoms with Crippen LogP contribution in [0.1, 0.15) is 0 Å². The van der Waals surface area contributed by atoms with Gasteiger partial charge in [0.15, 0.2) is 0 Å². The highest BCUT2D eigenvalue weighted by Crippen LogP contribution is 1.79. The lowest BCUT2D eigenvalue weighted by Crippen LogP contribution is -1.60. The van der Waals surface area contributed by atoms with Gasteiger partial charge >= 0.3 is 0 Å². The van der Waals surface area contributed by atoms with E-state index in [0.717, 1.165) is 0 Å². The lowest BCUT2D eigenvalue weighted by molar-refractivity contribution is 0.553. The molecule has 0 fully saturated rings. The maximum Gasteiger partial charge on any atom is -0.0378 e. The van der Waals surface area contributed by atoms with Crippen molar-refractivity contribution in [1.29, 1.82) is 0 Å². The van der Waals surface area contributed by atoms with Crippen molar-refractivity contribution in [2.45, 2.75) is 0 Å². The van der Waals surface area contributed by atoms with Gasteiger partial charge in [0.1, 0.15) is 0 Å². The molecule has 0 spiro atoms. The smallest absolute Gasteiger partial charge is 0.0378 e. The first-order chi connectivity index (χ1) is 1.73. The van der Waals surface area contributed by atoms with E-state index < -0.39 is 10.7 Å². The van der Waals surface area contributed by atoms with Gasteiger partial charge in [-0.15, -0.1) is 0 Å². The highest BCUT2D eigenvalue weighted by Gasteiger charge is 1.41. The Morgan fingerprint density at radius 1 is 2.00 bits per heavy atom. The van der Waals surface area contributed by atoms with Crippen molar-refractivity contribution in [3.05, 3.63) is 0 Å². The lowest BCUT2D eigenvalue weighted by atomic mass is 15.9. The quantitative estimate of drug-likeness (QED) is 0.306. The van der Waals surface area contributed by atoms with Gasteiger partial charge in [-0.05, 0) is 10.7 Å². The fourth-order valence-corrected chi connectivity index (χ4v) is 0. The minimum absolute atomic E-state index is 1.57. The van der Waals surface area contributed by atoms with Crippen LogP contribution < -0.4 is 0 Å². The second-order valence-electron chi connectivity index (χ2n) is 0.260. The monoisotopic (exact) mass is 97.0 g/mol. The van der Waals surface area contributed by atoms with Gasteiger partial charge < -0.3 is 4.55 Å². The molecule has 0 saturated carbocycles. The van der Waals surface area contributed by atoms with Crippen LogP contribution in [-0.4, -0.2) is 8.76 Å². The summed E-state index contributed by atoms with van der Waals surface area (Å²) >= 11 is 0. The molecule has 4 heavy (non-hydrogen) atoms. The summed E-state index contributed by atoms with van der Waals surface area (Å²) in [5, 5.41) is 0. The summed E-state index contributed by atoms with van der Waals surface area (Å²) in [6, 6.07) is 0. The molecule has 0 N–H and O–H groups in total. The SMILES string of the molecule is O=S([O-])P. The van der Waals surface area contributed by atoms with Crippen molar-refractivity contribution < 1.29 is 8.76 Å². The van der Waals surface area contributed by atoms with Gasteiger partial charge in [-0.25, -0.2) is 0 Å². The third kappa shape index (κ3) is 20.7. The molecule has 0 aromatic carbocycles. The molecule has 0 radical (unpaired) electrons. The second kappa shape index (κ2) is 1.82. The van der Waals surface area contributed by atoms with Gasteiger partial charge in [0.2, 0.25) is 0 Å². The summed E-state index contributed by atoms with van der Waals surface area (Å²) in [6.45, 7) is 0. The van der Waals surface area contributed by atoms with Crippen LogP contribution in [0.15, 0.2) is 0 Å². The minimum atomic E-state index is -1.94. The number of hydrogen-bond donors (Lipinski definition) is 0. The molecule has 0 amide bonds. The van der Waals surface area contributed by atoms with Crippen molar-refractivity contribution >= 4 is 19.1 Å². The zero-order valence-corrected chi connectivity index (χ0v) is 3.77. The molecule has 0 aromatic rings. The van der Waals surface area contributed by atoms with Crippen molar-refractivity contribution in [1.82, 2.24) is 0 Å². The van der Waals surface area contributed by atoms with Gasteiger partial charge in [0, 0.05) is 0 Å².